The van der Waals surface area contributed by atoms with Crippen LogP contribution >= 0.6 is 23.2 Å². The van der Waals surface area contributed by atoms with E-state index in [1.165, 1.54) is 0 Å². The molecule has 1 heterocycles. The van der Waals surface area contributed by atoms with Gasteiger partial charge in [0.25, 0.3) is 5.89 Å². The number of carbonyl (C=O) groups is 1. The van der Waals surface area contributed by atoms with Crippen molar-refractivity contribution in [1.29, 1.82) is 0 Å². The molecule has 3 aromatic carbocycles. The molecular formula is C22H15Cl2N3O2. The molecule has 1 aromatic heterocycles. The van der Waals surface area contributed by atoms with Gasteiger partial charge in [-0.3, -0.25) is 10.1 Å². The number of rotatable bonds is 5. The molecule has 0 bridgehead atoms. The van der Waals surface area contributed by atoms with Gasteiger partial charge in [0.2, 0.25) is 5.91 Å². The van der Waals surface area contributed by atoms with E-state index in [9.17, 15) is 4.79 Å². The molecule has 0 saturated carbocycles. The fourth-order valence-electron chi connectivity index (χ4n) is 3.01. The van der Waals surface area contributed by atoms with Crippen molar-refractivity contribution in [1.82, 2.24) is 10.2 Å². The van der Waals surface area contributed by atoms with E-state index < -0.39 is 5.92 Å². The van der Waals surface area contributed by atoms with Crippen molar-refractivity contribution in [3.8, 4) is 11.5 Å². The van der Waals surface area contributed by atoms with Crippen LogP contribution in [0.4, 0.5) is 6.01 Å². The second-order valence-corrected chi connectivity index (χ2v) is 7.12. The van der Waals surface area contributed by atoms with Crippen LogP contribution in [0.1, 0.15) is 17.0 Å². The summed E-state index contributed by atoms with van der Waals surface area (Å²) in [5.41, 5.74) is 2.25. The van der Waals surface area contributed by atoms with Crippen LogP contribution in [-0.4, -0.2) is 16.1 Å². The van der Waals surface area contributed by atoms with Gasteiger partial charge in [-0.05, 0) is 29.3 Å². The number of nitrogens with zero attached hydrogens (tertiary/aromatic N) is 2. The first-order valence-corrected chi connectivity index (χ1v) is 9.57. The largest absolute Gasteiger partial charge is 0.403 e. The van der Waals surface area contributed by atoms with Crippen molar-refractivity contribution in [2.45, 2.75) is 5.92 Å². The summed E-state index contributed by atoms with van der Waals surface area (Å²) in [5, 5.41) is 11.5. The predicted molar refractivity (Wildman–Crippen MR) is 113 cm³/mol. The fourth-order valence-corrected chi connectivity index (χ4v) is 3.50. The van der Waals surface area contributed by atoms with E-state index in [0.717, 1.165) is 11.1 Å². The molecule has 0 spiro atoms. The van der Waals surface area contributed by atoms with Gasteiger partial charge in [-0.25, -0.2) is 0 Å². The highest BCUT2D eigenvalue weighted by Crippen LogP contribution is 2.31. The van der Waals surface area contributed by atoms with Gasteiger partial charge in [0.1, 0.15) is 0 Å². The molecule has 29 heavy (non-hydrogen) atoms. The number of amides is 1. The van der Waals surface area contributed by atoms with Gasteiger partial charge in [0.15, 0.2) is 0 Å². The molecule has 0 unspecified atom stereocenters. The Morgan fingerprint density at radius 2 is 1.48 bits per heavy atom. The number of halogens is 2. The summed E-state index contributed by atoms with van der Waals surface area (Å²) in [6, 6.07) is 24.0. The second kappa shape index (κ2) is 8.47. The summed E-state index contributed by atoms with van der Waals surface area (Å²) >= 11 is 12.1. The third-order valence-corrected chi connectivity index (χ3v) is 4.89. The highest BCUT2D eigenvalue weighted by atomic mass is 35.5. The van der Waals surface area contributed by atoms with Crippen LogP contribution in [0.3, 0.4) is 0 Å². The highest BCUT2D eigenvalue weighted by molar-refractivity contribution is 6.36. The Morgan fingerprint density at radius 1 is 0.862 bits per heavy atom. The van der Waals surface area contributed by atoms with Crippen LogP contribution in [0.2, 0.25) is 10.0 Å². The van der Waals surface area contributed by atoms with Gasteiger partial charge in [-0.2, -0.15) is 0 Å². The summed E-state index contributed by atoms with van der Waals surface area (Å²) in [6.45, 7) is 0. The van der Waals surface area contributed by atoms with Crippen LogP contribution in [-0.2, 0) is 4.79 Å². The maximum atomic E-state index is 13.1. The van der Waals surface area contributed by atoms with Crippen LogP contribution < -0.4 is 5.32 Å². The van der Waals surface area contributed by atoms with Crippen LogP contribution in [0.25, 0.3) is 11.5 Å². The second-order valence-electron chi connectivity index (χ2n) is 6.28. The van der Waals surface area contributed by atoms with E-state index in [4.69, 9.17) is 27.6 Å². The maximum Gasteiger partial charge on any atom is 0.322 e. The zero-order valence-corrected chi connectivity index (χ0v) is 16.6. The summed E-state index contributed by atoms with van der Waals surface area (Å²) in [5.74, 6) is -0.607. The minimum absolute atomic E-state index is 0.00659. The summed E-state index contributed by atoms with van der Waals surface area (Å²) < 4.78 is 5.60. The van der Waals surface area contributed by atoms with Gasteiger partial charge in [-0.15, -0.1) is 5.10 Å². The molecule has 0 aliphatic rings. The molecule has 4 rings (SSSR count). The number of hydrogen-bond donors (Lipinski definition) is 1. The number of nitrogens with one attached hydrogen (secondary N) is 1. The molecule has 0 aliphatic heterocycles. The van der Waals surface area contributed by atoms with E-state index in [0.29, 0.717) is 15.6 Å². The Bertz CT molecular complexity index is 1090. The fraction of sp³-hybridized carbons (Fsp3) is 0.0455. The molecule has 1 N–H and O–H groups in total. The first-order valence-electron chi connectivity index (χ1n) is 8.81. The number of aromatic nitrogens is 2. The molecule has 7 heteroatoms. The monoisotopic (exact) mass is 423 g/mol. The van der Waals surface area contributed by atoms with Crippen molar-refractivity contribution in [2.75, 3.05) is 5.32 Å². The van der Waals surface area contributed by atoms with E-state index >= 15 is 0 Å². The van der Waals surface area contributed by atoms with Gasteiger partial charge in [0.05, 0.1) is 16.5 Å². The first-order chi connectivity index (χ1) is 14.1. The Hall–Kier alpha value is -3.15. The quantitative estimate of drug-likeness (QED) is 0.439. The third kappa shape index (κ3) is 4.31. The number of anilines is 1. The normalized spacial score (nSPS) is 10.9. The van der Waals surface area contributed by atoms with Gasteiger partial charge in [0, 0.05) is 5.02 Å². The first kappa shape index (κ1) is 19.2. The summed E-state index contributed by atoms with van der Waals surface area (Å²) in [4.78, 5) is 13.1. The van der Waals surface area contributed by atoms with E-state index in [1.807, 2.05) is 60.7 Å². The lowest BCUT2D eigenvalue weighted by Crippen LogP contribution is -2.22. The van der Waals surface area contributed by atoms with E-state index in [1.54, 1.807) is 18.2 Å². The van der Waals surface area contributed by atoms with Crippen LogP contribution in [0.15, 0.2) is 83.3 Å². The SMILES string of the molecule is O=C(Nc1nnc(-c2ccc(Cl)cc2Cl)o1)C(c1ccccc1)c1ccccc1. The average Bonchev–Trinajstić information content (AvgIpc) is 3.18. The van der Waals surface area contributed by atoms with Crippen molar-refractivity contribution >= 4 is 35.1 Å². The minimum Gasteiger partial charge on any atom is -0.403 e. The van der Waals surface area contributed by atoms with Gasteiger partial charge < -0.3 is 4.42 Å². The lowest BCUT2D eigenvalue weighted by Gasteiger charge is -2.16. The molecule has 0 saturated heterocycles. The van der Waals surface area contributed by atoms with Gasteiger partial charge in [-0.1, -0.05) is 89.0 Å². The Morgan fingerprint density at radius 3 is 2.07 bits per heavy atom. The third-order valence-electron chi connectivity index (χ3n) is 4.34. The Kier molecular flexibility index (Phi) is 5.60. The topological polar surface area (TPSA) is 68.0 Å². The predicted octanol–water partition coefficient (Wildman–Crippen LogP) is 5.81. The van der Waals surface area contributed by atoms with E-state index in [2.05, 4.69) is 15.5 Å². The molecule has 0 aliphatic carbocycles. The minimum atomic E-state index is -0.521. The van der Waals surface area contributed by atoms with E-state index in [-0.39, 0.29) is 17.8 Å². The lowest BCUT2D eigenvalue weighted by molar-refractivity contribution is -0.116. The smallest absolute Gasteiger partial charge is 0.322 e. The zero-order chi connectivity index (χ0) is 20.2. The molecule has 4 aromatic rings. The van der Waals surface area contributed by atoms with Crippen molar-refractivity contribution in [2.24, 2.45) is 0 Å². The van der Waals surface area contributed by atoms with Crippen LogP contribution in [0.5, 0.6) is 0 Å². The highest BCUT2D eigenvalue weighted by Gasteiger charge is 2.24. The van der Waals surface area contributed by atoms with Crippen LogP contribution in [0, 0.1) is 0 Å². The molecule has 1 amide bonds. The Labute approximate surface area is 177 Å². The molecule has 0 fully saturated rings. The van der Waals surface area contributed by atoms with Gasteiger partial charge >= 0.3 is 6.01 Å². The summed E-state index contributed by atoms with van der Waals surface area (Å²) in [6.07, 6.45) is 0. The standard InChI is InChI=1S/C22H15Cl2N3O2/c23-16-11-12-17(18(24)13-16)21-26-27-22(29-21)25-20(28)19(14-7-3-1-4-8-14)15-9-5-2-6-10-15/h1-13,19H,(H,25,27,28). The summed E-state index contributed by atoms with van der Waals surface area (Å²) in [7, 11) is 0. The number of hydrogen-bond acceptors (Lipinski definition) is 4. The van der Waals surface area contributed by atoms with Crippen molar-refractivity contribution in [3.63, 3.8) is 0 Å². The van der Waals surface area contributed by atoms with Crippen molar-refractivity contribution in [3.05, 3.63) is 100 Å². The number of carbonyl (C=O) groups excluding carboxylic acids is 1. The van der Waals surface area contributed by atoms with Crippen molar-refractivity contribution < 1.29 is 9.21 Å². The molecular weight excluding hydrogens is 409 g/mol. The zero-order valence-electron chi connectivity index (χ0n) is 15.0. The average molecular weight is 424 g/mol. The molecule has 144 valence electrons. The molecule has 5 nitrogen and oxygen atoms in total. The molecule has 0 radical (unpaired) electrons. The maximum absolute atomic E-state index is 13.1. The number of benzene rings is 3. The lowest BCUT2D eigenvalue weighted by atomic mass is 9.90. The Balaban J connectivity index is 1.61. The molecule has 0 atom stereocenters.